The highest BCUT2D eigenvalue weighted by Crippen LogP contribution is 2.34. The number of halogens is 3. The minimum Gasteiger partial charge on any atom is -0.381 e. The minimum atomic E-state index is -0.348. The molecule has 0 aliphatic carbocycles. The molecule has 0 amide bonds. The highest BCUT2D eigenvalue weighted by Gasteiger charge is 2.43. The van der Waals surface area contributed by atoms with Crippen molar-refractivity contribution in [2.45, 2.75) is 338 Å². The molecular formula is C75H138ClF2N7O5. The van der Waals surface area contributed by atoms with Crippen molar-refractivity contribution in [3.05, 3.63) is 69.7 Å². The van der Waals surface area contributed by atoms with Gasteiger partial charge in [-0.3, -0.25) is 24.5 Å². The molecule has 8 aliphatic rings. The second-order valence-electron chi connectivity index (χ2n) is 32.7. The molecule has 10 rings (SSSR count). The summed E-state index contributed by atoms with van der Waals surface area (Å²) in [4.78, 5) is 12.7. The first-order chi connectivity index (χ1) is 41.5. The molecule has 0 saturated carbocycles. The van der Waals surface area contributed by atoms with Crippen molar-refractivity contribution in [1.29, 1.82) is 0 Å². The number of morpholine rings is 4. The van der Waals surface area contributed by atoms with E-state index in [9.17, 15) is 8.78 Å². The van der Waals surface area contributed by atoms with Crippen molar-refractivity contribution >= 4 is 11.6 Å². The molecule has 0 spiro atoms. The lowest BCUT2D eigenvalue weighted by Gasteiger charge is -2.47. The Morgan fingerprint density at radius 3 is 1.51 bits per heavy atom. The molecule has 0 radical (unpaired) electrons. The van der Waals surface area contributed by atoms with Crippen LogP contribution in [0.1, 0.15) is 228 Å². The van der Waals surface area contributed by atoms with E-state index >= 15 is 0 Å². The second-order valence-corrected chi connectivity index (χ2v) is 33.1. The fourth-order valence-corrected chi connectivity index (χ4v) is 14.4. The Labute approximate surface area is 557 Å². The van der Waals surface area contributed by atoms with Gasteiger partial charge in [-0.2, -0.15) is 0 Å². The van der Waals surface area contributed by atoms with Gasteiger partial charge in [0.2, 0.25) is 0 Å². The van der Waals surface area contributed by atoms with E-state index in [0.717, 1.165) is 82.5 Å². The number of rotatable bonds is 12. The van der Waals surface area contributed by atoms with Crippen LogP contribution in [0.25, 0.3) is 0 Å². The highest BCUT2D eigenvalue weighted by molar-refractivity contribution is 6.30. The molecule has 2 aromatic carbocycles. The largest absolute Gasteiger partial charge is 0.381 e. The average Bonchev–Trinajstić information content (AvgIpc) is 1.91. The lowest BCUT2D eigenvalue weighted by molar-refractivity contribution is -0.115. The van der Waals surface area contributed by atoms with Crippen molar-refractivity contribution in [2.24, 2.45) is 0 Å². The first kappa shape index (κ1) is 82.3. The normalized spacial score (nSPS) is 25.7. The molecule has 8 atom stereocenters. The van der Waals surface area contributed by atoms with Crippen LogP contribution in [0.4, 0.5) is 8.78 Å². The number of ether oxygens (including phenoxy) is 5. The van der Waals surface area contributed by atoms with Gasteiger partial charge in [0, 0.05) is 122 Å². The molecule has 12 nitrogen and oxygen atoms in total. The summed E-state index contributed by atoms with van der Waals surface area (Å²) in [5.74, 6) is -0.448. The average molecular weight is 1290 g/mol. The highest BCUT2D eigenvalue weighted by atomic mass is 35.5. The second kappa shape index (κ2) is 37.6. The summed E-state index contributed by atoms with van der Waals surface area (Å²) >= 11 is 5.65. The molecule has 524 valence electrons. The zero-order valence-corrected chi connectivity index (χ0v) is 63.4. The van der Waals surface area contributed by atoms with Crippen molar-refractivity contribution in [3.8, 4) is 0 Å². The zero-order valence-electron chi connectivity index (χ0n) is 62.6. The molecule has 0 aromatic heterocycles. The van der Waals surface area contributed by atoms with Gasteiger partial charge in [-0.25, -0.2) is 8.78 Å². The summed E-state index contributed by atoms with van der Waals surface area (Å²) in [6, 6.07) is 15.3. The summed E-state index contributed by atoms with van der Waals surface area (Å²) in [5, 5.41) is 7.15. The standard InChI is InChI=1S/C15H24FN.C13H19ClFN.2C10H21NO.2C9H17NO.C9H19NO/c1-11(2)17-15(4,5)9-8-13-7-6-12(3)14(16)10-13;1-9(2)16-13(3,4)8-10-5-6-11(14)12(15)7-10;1-8-6-12-7-9(2)11(8)10(3,4)5;1-10(2,3)11-7-5-9(12-4)6-8-11;1-9(2,3)10-5-8-4-7(10)6-11-8;1-7(2)10-5-9-4-3-8(10)6-11-9;1-7(2)10-5-8(3)11-9(4)6-10/h6-7,10-11,17H,8-9H2,1-5H3;5-7,9,16H,8H2,1-4H3;8-9H,6-7H2,1-5H3;9H,5-8H2,1-4H3;7-8H,4-6H2,1-3H3;7-9H,3-6H2,1-2H3;7-9H,5-6H2,1-4H3/t;;8-,9-;;;;8-,9-/m..1...0/s1. The number of nitrogens with zero attached hydrogens (tertiary/aromatic N) is 5. The molecule has 8 heterocycles. The molecular weight excluding hydrogens is 1150 g/mol. The zero-order chi connectivity index (χ0) is 68.3. The number of fused-ring (bicyclic) bond motifs is 5. The van der Waals surface area contributed by atoms with Crippen LogP contribution in [0.5, 0.6) is 0 Å². The van der Waals surface area contributed by atoms with Crippen LogP contribution in [-0.4, -0.2) is 204 Å². The van der Waals surface area contributed by atoms with Gasteiger partial charge < -0.3 is 34.3 Å². The van der Waals surface area contributed by atoms with Gasteiger partial charge >= 0.3 is 0 Å². The Hall–Kier alpha value is -1.89. The first-order valence-corrected chi connectivity index (χ1v) is 35.4. The maximum absolute atomic E-state index is 13.4. The van der Waals surface area contributed by atoms with Crippen LogP contribution in [0, 0.1) is 18.6 Å². The van der Waals surface area contributed by atoms with E-state index in [0.29, 0.717) is 89.5 Å². The summed E-state index contributed by atoms with van der Waals surface area (Å²) < 4.78 is 54.2. The molecule has 8 fully saturated rings. The van der Waals surface area contributed by atoms with E-state index in [2.05, 4.69) is 208 Å². The number of piperidine rings is 2. The number of methoxy groups -OCH3 is 1. The van der Waals surface area contributed by atoms with Crippen molar-refractivity contribution in [2.75, 3.05) is 72.8 Å². The van der Waals surface area contributed by atoms with E-state index in [-0.39, 0.29) is 33.3 Å². The number of nitrogens with one attached hydrogen (secondary N) is 2. The number of likely N-dealkylation sites (tertiary alicyclic amines) is 2. The first-order valence-electron chi connectivity index (χ1n) is 35.0. The summed E-state index contributed by atoms with van der Waals surface area (Å²) in [6.45, 7) is 67.7. The van der Waals surface area contributed by atoms with E-state index in [1.54, 1.807) is 19.1 Å². The number of aryl methyl sites for hydroxylation is 2. The fourth-order valence-electron chi connectivity index (χ4n) is 14.3. The predicted octanol–water partition coefficient (Wildman–Crippen LogP) is 15.5. The van der Waals surface area contributed by atoms with Crippen LogP contribution in [0.15, 0.2) is 36.4 Å². The van der Waals surface area contributed by atoms with Crippen LogP contribution >= 0.6 is 11.6 Å². The molecule has 8 aliphatic heterocycles. The van der Waals surface area contributed by atoms with Gasteiger partial charge in [-0.05, 0) is 239 Å². The Bertz CT molecular complexity index is 2280. The topological polar surface area (TPSA) is 86.4 Å². The maximum atomic E-state index is 13.4. The minimum absolute atomic E-state index is 0.0472. The van der Waals surface area contributed by atoms with Crippen LogP contribution in [0.3, 0.4) is 0 Å². The van der Waals surface area contributed by atoms with E-state index in [1.807, 2.05) is 25.3 Å². The molecule has 8 saturated heterocycles. The molecule has 2 N–H and O–H groups in total. The smallest absolute Gasteiger partial charge is 0.142 e. The van der Waals surface area contributed by atoms with Crippen molar-refractivity contribution in [3.63, 3.8) is 0 Å². The Kier molecular flexibility index (Phi) is 34.4. The summed E-state index contributed by atoms with van der Waals surface area (Å²) in [6.07, 6.45) is 11.4. The number of hydrogen-bond donors (Lipinski definition) is 2. The quantitative estimate of drug-likeness (QED) is 0.212. The SMILES string of the molecule is CC(C)(C)N1CC2CC1CO2.CC(C)N1CC2CCC1CO2.CC(C)N1C[C@H](C)O[C@@H](C)C1.CC(C)NC(C)(C)Cc1ccc(Cl)c(F)c1.COC1CCN(C(C)(C)C)CC1.C[C@@H]1COC[C@@H](C)N1C(C)(C)C.Cc1ccc(CCC(C)(C)NC(C)C)cc1F. The van der Waals surface area contributed by atoms with Crippen molar-refractivity contribution in [1.82, 2.24) is 35.1 Å². The fraction of sp³-hybridized carbons (Fsp3) is 0.840. The van der Waals surface area contributed by atoms with Gasteiger partial charge in [-0.1, -0.05) is 57.5 Å². The van der Waals surface area contributed by atoms with Crippen molar-refractivity contribution < 1.29 is 32.5 Å². The van der Waals surface area contributed by atoms with Gasteiger partial charge in [0.05, 0.1) is 62.0 Å². The van der Waals surface area contributed by atoms with Crippen LogP contribution < -0.4 is 10.6 Å². The van der Waals surface area contributed by atoms with E-state index < -0.39 is 0 Å². The van der Waals surface area contributed by atoms with E-state index in [1.165, 1.54) is 57.8 Å². The Morgan fingerprint density at radius 2 is 1.13 bits per heavy atom. The molecule has 2 aromatic rings. The monoisotopic (exact) mass is 1290 g/mol. The Balaban J connectivity index is 0.000000276. The van der Waals surface area contributed by atoms with E-state index in [4.69, 9.17) is 35.3 Å². The lowest BCUT2D eigenvalue weighted by atomic mass is 9.94. The van der Waals surface area contributed by atoms with Crippen LogP contribution in [0.2, 0.25) is 5.02 Å². The maximum Gasteiger partial charge on any atom is 0.142 e. The number of hydrogen-bond acceptors (Lipinski definition) is 12. The molecule has 4 bridgehead atoms. The summed E-state index contributed by atoms with van der Waals surface area (Å²) in [7, 11) is 1.82. The van der Waals surface area contributed by atoms with Gasteiger partial charge in [-0.15, -0.1) is 0 Å². The third-order valence-corrected chi connectivity index (χ3v) is 18.6. The van der Waals surface area contributed by atoms with Gasteiger partial charge in [0.25, 0.3) is 0 Å². The molecule has 90 heavy (non-hydrogen) atoms. The van der Waals surface area contributed by atoms with Crippen LogP contribution in [-0.2, 0) is 36.5 Å². The van der Waals surface area contributed by atoms with Gasteiger partial charge in [0.15, 0.2) is 0 Å². The third-order valence-electron chi connectivity index (χ3n) is 18.3. The Morgan fingerprint density at radius 1 is 0.600 bits per heavy atom. The van der Waals surface area contributed by atoms with Gasteiger partial charge in [0.1, 0.15) is 11.6 Å². The number of benzene rings is 2. The molecule has 15 heteroatoms. The summed E-state index contributed by atoms with van der Waals surface area (Å²) in [5.41, 5.74) is 3.73. The molecule has 4 unspecified atom stereocenters. The predicted molar refractivity (Wildman–Crippen MR) is 378 cm³/mol. The third kappa shape index (κ3) is 30.0. The lowest BCUT2D eigenvalue weighted by Crippen LogP contribution is -2.57.